The van der Waals surface area contributed by atoms with Crippen molar-refractivity contribution in [3.63, 3.8) is 0 Å². The lowest BCUT2D eigenvalue weighted by Crippen LogP contribution is -2.43. The Balaban J connectivity index is 1.67. The maximum atomic E-state index is 12.0. The molecule has 1 N–H and O–H groups in total. The topological polar surface area (TPSA) is 54.7 Å². The average Bonchev–Trinajstić information content (AvgIpc) is 2.83. The smallest absolute Gasteiger partial charge is 0.410 e. The van der Waals surface area contributed by atoms with E-state index in [1.165, 1.54) is 5.56 Å². The maximum absolute atomic E-state index is 12.0. The van der Waals surface area contributed by atoms with Crippen molar-refractivity contribution in [1.29, 1.82) is 0 Å². The van der Waals surface area contributed by atoms with Crippen molar-refractivity contribution in [2.45, 2.75) is 52.7 Å². The first-order valence-electron chi connectivity index (χ1n) is 8.07. The molecule has 0 aromatic carbocycles. The van der Waals surface area contributed by atoms with Gasteiger partial charge in [-0.3, -0.25) is 0 Å². The zero-order valence-electron chi connectivity index (χ0n) is 14.1. The summed E-state index contributed by atoms with van der Waals surface area (Å²) in [5.41, 5.74) is 0.767. The summed E-state index contributed by atoms with van der Waals surface area (Å²) in [5, 5.41) is 3.45. The van der Waals surface area contributed by atoms with E-state index in [0.29, 0.717) is 5.92 Å². The Bertz CT molecular complexity index is 482. The minimum atomic E-state index is -0.420. The Morgan fingerprint density at radius 2 is 2.09 bits per heavy atom. The lowest BCUT2D eigenvalue weighted by Gasteiger charge is -2.33. The molecule has 0 bridgehead atoms. The minimum absolute atomic E-state index is 0.190. The average molecular weight is 308 g/mol. The van der Waals surface area contributed by atoms with Gasteiger partial charge in [-0.05, 0) is 64.6 Å². The highest BCUT2D eigenvalue weighted by atomic mass is 16.6. The molecule has 1 fully saturated rings. The number of hydrogen-bond acceptors (Lipinski definition) is 4. The Hall–Kier alpha value is -1.49. The van der Waals surface area contributed by atoms with E-state index in [2.05, 4.69) is 12.2 Å². The molecule has 1 aliphatic rings. The molecular formula is C17H28N2O3. The molecule has 0 radical (unpaired) electrons. The Labute approximate surface area is 133 Å². The largest absolute Gasteiger partial charge is 0.468 e. The lowest BCUT2D eigenvalue weighted by atomic mass is 9.97. The van der Waals surface area contributed by atoms with Crippen LogP contribution in [0.1, 0.15) is 44.9 Å². The highest BCUT2D eigenvalue weighted by Crippen LogP contribution is 2.19. The van der Waals surface area contributed by atoms with Gasteiger partial charge in [-0.15, -0.1) is 0 Å². The van der Waals surface area contributed by atoms with E-state index in [9.17, 15) is 4.79 Å². The number of rotatable bonds is 4. The predicted molar refractivity (Wildman–Crippen MR) is 85.7 cm³/mol. The van der Waals surface area contributed by atoms with Crippen LogP contribution in [0.2, 0.25) is 0 Å². The Kier molecular flexibility index (Phi) is 5.51. The van der Waals surface area contributed by atoms with Gasteiger partial charge in [-0.25, -0.2) is 4.79 Å². The molecule has 0 atom stereocenters. The number of carbonyl (C=O) groups excluding carboxylic acids is 1. The van der Waals surface area contributed by atoms with Crippen LogP contribution >= 0.6 is 0 Å². The van der Waals surface area contributed by atoms with Crippen molar-refractivity contribution in [2.75, 3.05) is 19.6 Å². The number of nitrogens with zero attached hydrogens (tertiary/aromatic N) is 1. The predicted octanol–water partition coefficient (Wildman–Crippen LogP) is 3.32. The molecule has 5 nitrogen and oxygen atoms in total. The summed E-state index contributed by atoms with van der Waals surface area (Å²) in [7, 11) is 0. The summed E-state index contributed by atoms with van der Waals surface area (Å²) in [4.78, 5) is 13.8. The number of ether oxygens (including phenoxy) is 1. The molecule has 0 saturated carbocycles. The van der Waals surface area contributed by atoms with Crippen molar-refractivity contribution in [3.05, 3.63) is 23.7 Å². The molecule has 1 amide bonds. The van der Waals surface area contributed by atoms with E-state index in [1.54, 1.807) is 6.26 Å². The highest BCUT2D eigenvalue weighted by molar-refractivity contribution is 5.68. The van der Waals surface area contributed by atoms with E-state index in [0.717, 1.165) is 44.8 Å². The van der Waals surface area contributed by atoms with Crippen LogP contribution in [-0.4, -0.2) is 36.2 Å². The molecule has 0 aliphatic carbocycles. The molecule has 0 unspecified atom stereocenters. The van der Waals surface area contributed by atoms with Crippen molar-refractivity contribution in [2.24, 2.45) is 5.92 Å². The summed E-state index contributed by atoms with van der Waals surface area (Å²) in [6, 6.07) is 1.98. The van der Waals surface area contributed by atoms with E-state index in [1.807, 2.05) is 31.7 Å². The Morgan fingerprint density at radius 3 is 2.64 bits per heavy atom. The van der Waals surface area contributed by atoms with Gasteiger partial charge in [0.15, 0.2) is 0 Å². The molecule has 1 aromatic rings. The first kappa shape index (κ1) is 16.9. The number of carbonyl (C=O) groups is 1. The number of likely N-dealkylation sites (tertiary alicyclic amines) is 1. The van der Waals surface area contributed by atoms with Gasteiger partial charge in [0.1, 0.15) is 11.4 Å². The molecular weight excluding hydrogens is 280 g/mol. The highest BCUT2D eigenvalue weighted by Gasteiger charge is 2.26. The third kappa shape index (κ3) is 5.05. The molecule has 124 valence electrons. The van der Waals surface area contributed by atoms with Gasteiger partial charge < -0.3 is 19.4 Å². The van der Waals surface area contributed by atoms with Crippen molar-refractivity contribution < 1.29 is 13.9 Å². The van der Waals surface area contributed by atoms with Gasteiger partial charge in [-0.2, -0.15) is 0 Å². The van der Waals surface area contributed by atoms with Crippen LogP contribution in [0.25, 0.3) is 0 Å². The zero-order chi connectivity index (χ0) is 16.2. The standard InChI is InChI=1S/C17H28N2O3/c1-13-7-10-21-15(13)12-18-11-14-5-8-19(9-6-14)16(20)22-17(2,3)4/h7,10,14,18H,5-6,8-9,11-12H2,1-4H3. The quantitative estimate of drug-likeness (QED) is 0.927. The fourth-order valence-electron chi connectivity index (χ4n) is 2.62. The van der Waals surface area contributed by atoms with Crippen LogP contribution < -0.4 is 5.32 Å². The second-order valence-corrected chi connectivity index (χ2v) is 7.07. The SMILES string of the molecule is Cc1ccoc1CNCC1CCN(C(=O)OC(C)(C)C)CC1. The van der Waals surface area contributed by atoms with Crippen LogP contribution in [0.3, 0.4) is 0 Å². The summed E-state index contributed by atoms with van der Waals surface area (Å²) >= 11 is 0. The maximum Gasteiger partial charge on any atom is 0.410 e. The van der Waals surface area contributed by atoms with Crippen molar-refractivity contribution in [1.82, 2.24) is 10.2 Å². The second-order valence-electron chi connectivity index (χ2n) is 7.07. The number of nitrogens with one attached hydrogen (secondary N) is 1. The third-order valence-corrected chi connectivity index (χ3v) is 3.95. The molecule has 1 aliphatic heterocycles. The zero-order valence-corrected chi connectivity index (χ0v) is 14.1. The fraction of sp³-hybridized carbons (Fsp3) is 0.706. The van der Waals surface area contributed by atoms with Crippen LogP contribution in [-0.2, 0) is 11.3 Å². The number of piperidine rings is 1. The van der Waals surface area contributed by atoms with E-state index in [-0.39, 0.29) is 6.09 Å². The molecule has 2 heterocycles. The summed E-state index contributed by atoms with van der Waals surface area (Å²) < 4.78 is 10.8. The minimum Gasteiger partial charge on any atom is -0.468 e. The van der Waals surface area contributed by atoms with Crippen LogP contribution in [0.5, 0.6) is 0 Å². The number of aryl methyl sites for hydroxylation is 1. The van der Waals surface area contributed by atoms with Crippen LogP contribution in [0, 0.1) is 12.8 Å². The van der Waals surface area contributed by atoms with Gasteiger partial charge in [0.05, 0.1) is 12.8 Å². The van der Waals surface area contributed by atoms with E-state index in [4.69, 9.17) is 9.15 Å². The van der Waals surface area contributed by atoms with Gasteiger partial charge in [0, 0.05) is 13.1 Å². The van der Waals surface area contributed by atoms with Gasteiger partial charge in [0.25, 0.3) is 0 Å². The van der Waals surface area contributed by atoms with Crippen molar-refractivity contribution >= 4 is 6.09 Å². The lowest BCUT2D eigenvalue weighted by molar-refractivity contribution is 0.0184. The number of hydrogen-bond donors (Lipinski definition) is 1. The second kappa shape index (κ2) is 7.18. The molecule has 2 rings (SSSR count). The Morgan fingerprint density at radius 1 is 1.41 bits per heavy atom. The summed E-state index contributed by atoms with van der Waals surface area (Å²) in [6.45, 7) is 11.0. The van der Waals surface area contributed by atoms with E-state index < -0.39 is 5.60 Å². The first-order chi connectivity index (χ1) is 10.3. The van der Waals surface area contributed by atoms with Gasteiger partial charge >= 0.3 is 6.09 Å². The van der Waals surface area contributed by atoms with Crippen molar-refractivity contribution in [3.8, 4) is 0 Å². The van der Waals surface area contributed by atoms with E-state index >= 15 is 0 Å². The monoisotopic (exact) mass is 308 g/mol. The number of furan rings is 1. The summed E-state index contributed by atoms with van der Waals surface area (Å²) in [5.74, 6) is 1.61. The normalized spacial score (nSPS) is 16.8. The fourth-order valence-corrected chi connectivity index (χ4v) is 2.62. The van der Waals surface area contributed by atoms with Gasteiger partial charge in [0.2, 0.25) is 0 Å². The van der Waals surface area contributed by atoms with Crippen LogP contribution in [0.4, 0.5) is 4.79 Å². The molecule has 1 saturated heterocycles. The molecule has 1 aromatic heterocycles. The molecule has 22 heavy (non-hydrogen) atoms. The summed E-state index contributed by atoms with van der Waals surface area (Å²) in [6.07, 6.45) is 3.57. The first-order valence-corrected chi connectivity index (χ1v) is 8.07. The molecule has 5 heteroatoms. The van der Waals surface area contributed by atoms with Crippen LogP contribution in [0.15, 0.2) is 16.7 Å². The van der Waals surface area contributed by atoms with Gasteiger partial charge in [-0.1, -0.05) is 0 Å². The third-order valence-electron chi connectivity index (χ3n) is 3.95. The number of amides is 1. The molecule has 0 spiro atoms.